The van der Waals surface area contributed by atoms with Gasteiger partial charge in [0.25, 0.3) is 0 Å². The number of pyridine rings is 1. The molecule has 3 aromatic rings. The Hall–Kier alpha value is -3.40. The topological polar surface area (TPSA) is 96.9 Å². The lowest BCUT2D eigenvalue weighted by Crippen LogP contribution is -2.45. The van der Waals surface area contributed by atoms with Gasteiger partial charge in [-0.25, -0.2) is 19.6 Å². The number of carbonyl (C=O) groups is 2. The van der Waals surface area contributed by atoms with Gasteiger partial charge in [-0.2, -0.15) is 0 Å². The van der Waals surface area contributed by atoms with Crippen molar-refractivity contribution in [1.29, 1.82) is 0 Å². The number of hydrogen-bond acceptors (Lipinski definition) is 8. The van der Waals surface area contributed by atoms with Crippen LogP contribution in [0.25, 0.3) is 21.5 Å². The summed E-state index contributed by atoms with van der Waals surface area (Å²) in [5.41, 5.74) is 2.99. The Bertz CT molecular complexity index is 1450. The molecular formula is C31H39N5O4S. The molecule has 41 heavy (non-hydrogen) atoms. The van der Waals surface area contributed by atoms with Crippen molar-refractivity contribution >= 4 is 45.8 Å². The fourth-order valence-corrected chi connectivity index (χ4v) is 7.12. The molecule has 0 bridgehead atoms. The van der Waals surface area contributed by atoms with Crippen LogP contribution >= 0.6 is 11.3 Å². The minimum atomic E-state index is -0.502. The van der Waals surface area contributed by atoms with Crippen molar-refractivity contribution in [3.63, 3.8) is 0 Å². The molecule has 1 aliphatic carbocycles. The molecule has 218 valence electrons. The van der Waals surface area contributed by atoms with Gasteiger partial charge in [0.2, 0.25) is 0 Å². The van der Waals surface area contributed by atoms with Gasteiger partial charge in [-0.05, 0) is 83.1 Å². The molecule has 4 heterocycles. The standard InChI is InChI=1S/C31H39N5O4S/c1-5-39-29(37)33-22-9-10-23-24(13-22)34-25(27-15-32-28(41-27)19-7-6-8-19)14-26(23)36-16-20-11-12-35(17-21(20)18-36)30(38)40-31(2,3)4/h9-10,13-15,19-21H,5-8,11-12,16-18H2,1-4H3,(H,33,37). The van der Waals surface area contributed by atoms with Crippen LogP contribution in [-0.2, 0) is 9.47 Å². The highest BCUT2D eigenvalue weighted by molar-refractivity contribution is 7.15. The van der Waals surface area contributed by atoms with Crippen molar-refractivity contribution in [1.82, 2.24) is 14.9 Å². The number of anilines is 2. The predicted octanol–water partition coefficient (Wildman–Crippen LogP) is 6.89. The first-order valence-corrected chi connectivity index (χ1v) is 15.6. The van der Waals surface area contributed by atoms with Crippen molar-refractivity contribution in [3.05, 3.63) is 35.5 Å². The zero-order chi connectivity index (χ0) is 28.7. The molecule has 1 aromatic carbocycles. The van der Waals surface area contributed by atoms with E-state index in [-0.39, 0.29) is 6.09 Å². The van der Waals surface area contributed by atoms with Gasteiger partial charge in [0.05, 0.1) is 27.7 Å². The number of carbonyl (C=O) groups excluding carboxylic acids is 2. The van der Waals surface area contributed by atoms with Crippen molar-refractivity contribution < 1.29 is 19.1 Å². The SMILES string of the molecule is CCOC(=O)Nc1ccc2c(N3CC4CCN(C(=O)OC(C)(C)C)CC4C3)cc(-c3cnc(C4CCC4)s3)nc2c1. The number of aromatic nitrogens is 2. The minimum absolute atomic E-state index is 0.222. The summed E-state index contributed by atoms with van der Waals surface area (Å²) in [7, 11) is 0. The van der Waals surface area contributed by atoms with Gasteiger partial charge >= 0.3 is 12.2 Å². The van der Waals surface area contributed by atoms with Crippen molar-refractivity contribution in [2.75, 3.05) is 43.0 Å². The number of likely N-dealkylation sites (tertiary alicyclic amines) is 1. The molecule has 10 heteroatoms. The third kappa shape index (κ3) is 5.98. The highest BCUT2D eigenvalue weighted by Crippen LogP contribution is 2.43. The number of thiazole rings is 1. The molecule has 0 radical (unpaired) electrons. The van der Waals surface area contributed by atoms with E-state index in [1.165, 1.54) is 24.3 Å². The summed E-state index contributed by atoms with van der Waals surface area (Å²) in [6.07, 6.45) is 5.92. The predicted molar refractivity (Wildman–Crippen MR) is 162 cm³/mol. The van der Waals surface area contributed by atoms with Crippen molar-refractivity contribution in [2.24, 2.45) is 11.8 Å². The van der Waals surface area contributed by atoms with E-state index in [2.05, 4.69) is 16.3 Å². The first kappa shape index (κ1) is 27.8. The molecule has 1 N–H and O–H groups in total. The summed E-state index contributed by atoms with van der Waals surface area (Å²) in [6, 6.07) is 8.05. The maximum Gasteiger partial charge on any atom is 0.411 e. The van der Waals surface area contributed by atoms with Crippen LogP contribution in [0.4, 0.5) is 21.0 Å². The summed E-state index contributed by atoms with van der Waals surface area (Å²) in [6.45, 7) is 11.1. The van der Waals surface area contributed by atoms with Crippen LogP contribution in [-0.4, -0.2) is 65.4 Å². The number of nitrogens with zero attached hydrogens (tertiary/aromatic N) is 4. The number of fused-ring (bicyclic) bond motifs is 2. The summed E-state index contributed by atoms with van der Waals surface area (Å²) in [4.78, 5) is 40.1. The number of amides is 2. The maximum absolute atomic E-state index is 12.8. The molecule has 3 aliphatic rings. The van der Waals surface area contributed by atoms with Crippen LogP contribution in [0.5, 0.6) is 0 Å². The second-order valence-electron chi connectivity index (χ2n) is 12.4. The smallest absolute Gasteiger partial charge is 0.411 e. The highest BCUT2D eigenvalue weighted by Gasteiger charge is 2.40. The Kier molecular flexibility index (Phi) is 7.52. The van der Waals surface area contributed by atoms with Gasteiger partial charge in [-0.1, -0.05) is 6.42 Å². The molecule has 6 rings (SSSR count). The summed E-state index contributed by atoms with van der Waals surface area (Å²) < 4.78 is 10.7. The largest absolute Gasteiger partial charge is 0.450 e. The molecule has 2 unspecified atom stereocenters. The summed E-state index contributed by atoms with van der Waals surface area (Å²) in [5, 5.41) is 5.05. The Morgan fingerprint density at radius 2 is 1.90 bits per heavy atom. The Balaban J connectivity index is 1.30. The number of piperidine rings is 1. The third-order valence-electron chi connectivity index (χ3n) is 8.33. The monoisotopic (exact) mass is 577 g/mol. The number of hydrogen-bond donors (Lipinski definition) is 1. The lowest BCUT2D eigenvalue weighted by atomic mass is 9.86. The summed E-state index contributed by atoms with van der Waals surface area (Å²) in [5.74, 6) is 1.46. The van der Waals surface area contributed by atoms with E-state index in [1.807, 2.05) is 50.1 Å². The number of rotatable bonds is 5. The Morgan fingerprint density at radius 3 is 2.63 bits per heavy atom. The van der Waals surface area contributed by atoms with E-state index >= 15 is 0 Å². The normalized spacial score (nSPS) is 21.0. The first-order chi connectivity index (χ1) is 19.7. The zero-order valence-corrected chi connectivity index (χ0v) is 25.1. The highest BCUT2D eigenvalue weighted by atomic mass is 32.1. The van der Waals surface area contributed by atoms with Gasteiger partial charge in [0.15, 0.2) is 0 Å². The van der Waals surface area contributed by atoms with E-state index in [0.717, 1.165) is 53.2 Å². The van der Waals surface area contributed by atoms with Gasteiger partial charge in [-0.15, -0.1) is 11.3 Å². The second kappa shape index (κ2) is 11.1. The zero-order valence-electron chi connectivity index (χ0n) is 24.3. The molecule has 2 amide bonds. The van der Waals surface area contributed by atoms with Gasteiger partial charge in [0, 0.05) is 55.1 Å². The second-order valence-corrected chi connectivity index (χ2v) is 13.5. The van der Waals surface area contributed by atoms with Gasteiger partial charge in [0.1, 0.15) is 5.60 Å². The number of benzene rings is 1. The molecule has 2 aromatic heterocycles. The minimum Gasteiger partial charge on any atom is -0.450 e. The van der Waals surface area contributed by atoms with Gasteiger partial charge < -0.3 is 19.3 Å². The van der Waals surface area contributed by atoms with Crippen LogP contribution in [0, 0.1) is 11.8 Å². The average Bonchev–Trinajstić information content (AvgIpc) is 3.53. The fraction of sp³-hybridized carbons (Fsp3) is 0.548. The molecule has 2 aliphatic heterocycles. The van der Waals surface area contributed by atoms with Crippen molar-refractivity contribution in [3.8, 4) is 10.6 Å². The van der Waals surface area contributed by atoms with Crippen molar-refractivity contribution in [2.45, 2.75) is 64.9 Å². The lowest BCUT2D eigenvalue weighted by molar-refractivity contribution is 0.0140. The van der Waals surface area contributed by atoms with E-state index < -0.39 is 11.7 Å². The molecule has 1 saturated carbocycles. The van der Waals surface area contributed by atoms with E-state index in [0.29, 0.717) is 36.6 Å². The van der Waals surface area contributed by atoms with Crippen LogP contribution in [0.1, 0.15) is 64.3 Å². The maximum atomic E-state index is 12.8. The van der Waals surface area contributed by atoms with Crippen LogP contribution < -0.4 is 10.2 Å². The van der Waals surface area contributed by atoms with E-state index in [4.69, 9.17) is 19.4 Å². The van der Waals surface area contributed by atoms with Crippen LogP contribution in [0.2, 0.25) is 0 Å². The van der Waals surface area contributed by atoms with Crippen LogP contribution in [0.3, 0.4) is 0 Å². The van der Waals surface area contributed by atoms with Crippen LogP contribution in [0.15, 0.2) is 30.5 Å². The number of ether oxygens (including phenoxy) is 2. The molecule has 2 saturated heterocycles. The first-order valence-electron chi connectivity index (χ1n) is 14.7. The molecule has 3 fully saturated rings. The Labute approximate surface area is 245 Å². The fourth-order valence-electron chi connectivity index (χ4n) is 6.07. The van der Waals surface area contributed by atoms with E-state index in [1.54, 1.807) is 18.3 Å². The van der Waals surface area contributed by atoms with E-state index in [9.17, 15) is 9.59 Å². The third-order valence-corrected chi connectivity index (χ3v) is 9.52. The molecule has 2 atom stereocenters. The lowest BCUT2D eigenvalue weighted by Gasteiger charge is -2.35. The average molecular weight is 578 g/mol. The number of nitrogens with one attached hydrogen (secondary N) is 1. The van der Waals surface area contributed by atoms with Gasteiger partial charge in [-0.3, -0.25) is 5.32 Å². The molecule has 9 nitrogen and oxygen atoms in total. The molecule has 0 spiro atoms. The Morgan fingerprint density at radius 1 is 1.10 bits per heavy atom. The quantitative estimate of drug-likeness (QED) is 0.353. The summed E-state index contributed by atoms with van der Waals surface area (Å²) >= 11 is 1.74. The molecular weight excluding hydrogens is 538 g/mol.